The van der Waals surface area contributed by atoms with E-state index in [0.717, 1.165) is 36.3 Å². The zero-order valence-corrected chi connectivity index (χ0v) is 20.1. The first-order valence-electron chi connectivity index (χ1n) is 12.4. The van der Waals surface area contributed by atoms with E-state index in [9.17, 15) is 9.59 Å². The first kappa shape index (κ1) is 22.3. The zero-order chi connectivity index (χ0) is 24.6. The predicted molar refractivity (Wildman–Crippen MR) is 137 cm³/mol. The Hall–Kier alpha value is -4.13. The number of benzene rings is 3. The summed E-state index contributed by atoms with van der Waals surface area (Å²) in [6.07, 6.45) is 2.70. The van der Waals surface area contributed by atoms with Crippen LogP contribution < -0.4 is 15.0 Å². The minimum absolute atomic E-state index is 0.0103. The van der Waals surface area contributed by atoms with Crippen LogP contribution in [0.1, 0.15) is 47.1 Å². The fourth-order valence-electron chi connectivity index (χ4n) is 5.21. The Labute approximate surface area is 208 Å². The van der Waals surface area contributed by atoms with Crippen molar-refractivity contribution in [3.63, 3.8) is 0 Å². The van der Waals surface area contributed by atoms with Gasteiger partial charge in [-0.25, -0.2) is 4.98 Å². The molecule has 0 saturated carbocycles. The highest BCUT2D eigenvalue weighted by molar-refractivity contribution is 5.95. The van der Waals surface area contributed by atoms with Gasteiger partial charge in [0.25, 0.3) is 11.5 Å². The molecule has 4 aromatic rings. The normalized spacial score (nSPS) is 17.2. The van der Waals surface area contributed by atoms with E-state index in [1.807, 2.05) is 60.4 Å². The summed E-state index contributed by atoms with van der Waals surface area (Å²) in [6.45, 7) is 3.80. The number of likely N-dealkylation sites (tertiary alicyclic amines) is 1. The number of amides is 1. The molecule has 3 aromatic carbocycles. The van der Waals surface area contributed by atoms with Crippen LogP contribution in [-0.2, 0) is 0 Å². The lowest BCUT2D eigenvalue weighted by atomic mass is 10.0. The molecule has 0 radical (unpaired) electrons. The highest BCUT2D eigenvalue weighted by Gasteiger charge is 2.31. The van der Waals surface area contributed by atoms with Gasteiger partial charge in [-0.3, -0.25) is 14.2 Å². The fraction of sp³-hybridized carbons (Fsp3) is 0.276. The van der Waals surface area contributed by atoms with Crippen molar-refractivity contribution in [2.45, 2.75) is 32.2 Å². The Bertz CT molecular complexity index is 1510. The second-order valence-electron chi connectivity index (χ2n) is 9.28. The summed E-state index contributed by atoms with van der Waals surface area (Å²) in [5.74, 6) is 2.10. The van der Waals surface area contributed by atoms with Crippen molar-refractivity contribution >= 4 is 16.8 Å². The van der Waals surface area contributed by atoms with Crippen molar-refractivity contribution in [3.8, 4) is 17.2 Å². The number of aromatic nitrogens is 2. The average Bonchev–Trinajstić information content (AvgIpc) is 3.27. The van der Waals surface area contributed by atoms with Gasteiger partial charge in [0, 0.05) is 18.5 Å². The van der Waals surface area contributed by atoms with Gasteiger partial charge in [0.2, 0.25) is 0 Å². The molecule has 1 aromatic heterocycles. The van der Waals surface area contributed by atoms with Crippen molar-refractivity contribution in [1.82, 2.24) is 14.5 Å². The molecule has 2 aliphatic heterocycles. The van der Waals surface area contributed by atoms with Crippen molar-refractivity contribution in [2.24, 2.45) is 0 Å². The number of hydrogen-bond donors (Lipinski definition) is 0. The number of fused-ring (bicyclic) bond motifs is 2. The molecule has 0 aliphatic carbocycles. The summed E-state index contributed by atoms with van der Waals surface area (Å²) in [7, 11) is 0. The molecule has 2 aliphatic rings. The van der Waals surface area contributed by atoms with Gasteiger partial charge in [0.1, 0.15) is 5.82 Å². The standard InChI is InChI=1S/C29H27N3O4/c1-19-30-24-7-3-2-6-23(24)29(34)32(19)22-12-9-20(10-13-22)28(33)31-15-4-8-25(31)21-11-14-26-27(18-21)36-17-5-16-35-26/h2-3,6-7,9-14,18,25H,4-5,8,15-17H2,1H3. The number of aryl methyl sites for hydroxylation is 1. The quantitative estimate of drug-likeness (QED) is 0.419. The van der Waals surface area contributed by atoms with Crippen LogP contribution in [0.25, 0.3) is 16.6 Å². The monoisotopic (exact) mass is 481 g/mol. The molecule has 0 bridgehead atoms. The number of rotatable bonds is 3. The van der Waals surface area contributed by atoms with Crippen LogP contribution in [0.4, 0.5) is 0 Å². The van der Waals surface area contributed by atoms with E-state index >= 15 is 0 Å². The van der Waals surface area contributed by atoms with Crippen LogP contribution in [0.15, 0.2) is 71.5 Å². The van der Waals surface area contributed by atoms with Gasteiger partial charge in [-0.15, -0.1) is 0 Å². The number of hydrogen-bond acceptors (Lipinski definition) is 5. The SMILES string of the molecule is Cc1nc2ccccc2c(=O)n1-c1ccc(C(=O)N2CCCC2c2ccc3c(c2)OCCCO3)cc1. The van der Waals surface area contributed by atoms with Crippen LogP contribution in [0, 0.1) is 6.92 Å². The van der Waals surface area contributed by atoms with E-state index in [1.165, 1.54) is 0 Å². The van der Waals surface area contributed by atoms with E-state index in [0.29, 0.717) is 47.7 Å². The second kappa shape index (κ2) is 9.15. The first-order chi connectivity index (χ1) is 17.6. The molecular weight excluding hydrogens is 454 g/mol. The van der Waals surface area contributed by atoms with Crippen LogP contribution >= 0.6 is 0 Å². The van der Waals surface area contributed by atoms with Crippen molar-refractivity contribution in [2.75, 3.05) is 19.8 Å². The van der Waals surface area contributed by atoms with Crippen LogP contribution in [0.5, 0.6) is 11.5 Å². The van der Waals surface area contributed by atoms with E-state index < -0.39 is 0 Å². The second-order valence-corrected chi connectivity index (χ2v) is 9.28. The Morgan fingerprint density at radius 1 is 0.944 bits per heavy atom. The summed E-state index contributed by atoms with van der Waals surface area (Å²) in [4.78, 5) is 33.2. The molecule has 1 amide bonds. The minimum Gasteiger partial charge on any atom is -0.490 e. The number of para-hydroxylation sites is 1. The molecule has 182 valence electrons. The third kappa shape index (κ3) is 3.90. The van der Waals surface area contributed by atoms with Gasteiger partial charge < -0.3 is 14.4 Å². The average molecular weight is 482 g/mol. The zero-order valence-electron chi connectivity index (χ0n) is 20.1. The minimum atomic E-state index is -0.119. The number of carbonyl (C=O) groups excluding carboxylic acids is 1. The van der Waals surface area contributed by atoms with Gasteiger partial charge in [-0.2, -0.15) is 0 Å². The van der Waals surface area contributed by atoms with Crippen molar-refractivity contribution in [3.05, 3.63) is 94.0 Å². The van der Waals surface area contributed by atoms with E-state index in [4.69, 9.17) is 9.47 Å². The fourth-order valence-corrected chi connectivity index (χ4v) is 5.21. The summed E-state index contributed by atoms with van der Waals surface area (Å²) >= 11 is 0. The number of nitrogens with zero attached hydrogens (tertiary/aromatic N) is 3. The molecule has 3 heterocycles. The lowest BCUT2D eigenvalue weighted by Gasteiger charge is -2.26. The molecular formula is C29H27N3O4. The maximum Gasteiger partial charge on any atom is 0.265 e. The molecule has 7 heteroatoms. The van der Waals surface area contributed by atoms with Crippen molar-refractivity contribution < 1.29 is 14.3 Å². The number of carbonyl (C=O) groups is 1. The highest BCUT2D eigenvalue weighted by atomic mass is 16.5. The molecule has 7 nitrogen and oxygen atoms in total. The van der Waals surface area contributed by atoms with Gasteiger partial charge in [-0.05, 0) is 73.9 Å². The lowest BCUT2D eigenvalue weighted by molar-refractivity contribution is 0.0735. The maximum absolute atomic E-state index is 13.5. The van der Waals surface area contributed by atoms with Gasteiger partial charge >= 0.3 is 0 Å². The van der Waals surface area contributed by atoms with E-state index in [-0.39, 0.29) is 17.5 Å². The summed E-state index contributed by atoms with van der Waals surface area (Å²) < 4.78 is 13.2. The van der Waals surface area contributed by atoms with Gasteiger partial charge in [-0.1, -0.05) is 18.2 Å². The first-order valence-corrected chi connectivity index (χ1v) is 12.4. The Morgan fingerprint density at radius 2 is 1.72 bits per heavy atom. The Kier molecular flexibility index (Phi) is 5.68. The summed E-state index contributed by atoms with van der Waals surface area (Å²) in [6, 6.07) is 20.5. The maximum atomic E-state index is 13.5. The molecule has 6 rings (SSSR count). The van der Waals surface area contributed by atoms with Gasteiger partial charge in [0.05, 0.1) is 35.8 Å². The molecule has 36 heavy (non-hydrogen) atoms. The largest absolute Gasteiger partial charge is 0.490 e. The summed E-state index contributed by atoms with van der Waals surface area (Å²) in [5, 5.41) is 0.568. The molecule has 1 atom stereocenters. The topological polar surface area (TPSA) is 73.7 Å². The van der Waals surface area contributed by atoms with E-state index in [1.54, 1.807) is 22.8 Å². The van der Waals surface area contributed by atoms with Crippen molar-refractivity contribution in [1.29, 1.82) is 0 Å². The molecule has 1 fully saturated rings. The smallest absolute Gasteiger partial charge is 0.265 e. The number of ether oxygens (including phenoxy) is 2. The lowest BCUT2D eigenvalue weighted by Crippen LogP contribution is -2.30. The predicted octanol–water partition coefficient (Wildman–Crippen LogP) is 4.83. The van der Waals surface area contributed by atoms with Crippen LogP contribution in [0.2, 0.25) is 0 Å². The van der Waals surface area contributed by atoms with Gasteiger partial charge in [0.15, 0.2) is 11.5 Å². The Morgan fingerprint density at radius 3 is 2.56 bits per heavy atom. The summed E-state index contributed by atoms with van der Waals surface area (Å²) in [5.41, 5.74) is 2.91. The molecule has 1 unspecified atom stereocenters. The highest BCUT2D eigenvalue weighted by Crippen LogP contribution is 2.38. The third-order valence-corrected chi connectivity index (χ3v) is 6.99. The third-order valence-electron chi connectivity index (χ3n) is 6.99. The molecule has 1 saturated heterocycles. The van der Waals surface area contributed by atoms with E-state index in [2.05, 4.69) is 4.98 Å². The Balaban J connectivity index is 1.28. The molecule has 0 N–H and O–H groups in total. The molecule has 0 spiro atoms. The van der Waals surface area contributed by atoms with Crippen LogP contribution in [-0.4, -0.2) is 40.1 Å². The van der Waals surface area contributed by atoms with Crippen LogP contribution in [0.3, 0.4) is 0 Å².